The van der Waals surface area contributed by atoms with Crippen molar-refractivity contribution in [1.82, 2.24) is 0 Å². The summed E-state index contributed by atoms with van der Waals surface area (Å²) in [6, 6.07) is 0. The van der Waals surface area contributed by atoms with E-state index in [0.29, 0.717) is 10.7 Å². The van der Waals surface area contributed by atoms with E-state index >= 15 is 0 Å². The second kappa shape index (κ2) is 6.93. The van der Waals surface area contributed by atoms with Crippen LogP contribution in [0.15, 0.2) is 0 Å². The van der Waals surface area contributed by atoms with Crippen molar-refractivity contribution in [3.8, 4) is 0 Å². The highest BCUT2D eigenvalue weighted by Gasteiger charge is 2.34. The lowest BCUT2D eigenvalue weighted by atomic mass is 9.68. The Labute approximate surface area is 109 Å². The second-order valence-electron chi connectivity index (χ2n) is 6.80. The van der Waals surface area contributed by atoms with Gasteiger partial charge < -0.3 is 0 Å². The van der Waals surface area contributed by atoms with Gasteiger partial charge in [0.05, 0.1) is 0 Å². The van der Waals surface area contributed by atoms with Crippen LogP contribution in [0.25, 0.3) is 0 Å². The van der Waals surface area contributed by atoms with Gasteiger partial charge in [0, 0.05) is 5.25 Å². The molecule has 0 bridgehead atoms. The van der Waals surface area contributed by atoms with Crippen molar-refractivity contribution < 1.29 is 0 Å². The summed E-state index contributed by atoms with van der Waals surface area (Å²) < 4.78 is 0. The van der Waals surface area contributed by atoms with Crippen molar-refractivity contribution in [2.75, 3.05) is 0 Å². The maximum absolute atomic E-state index is 4.82. The molecule has 0 heterocycles. The normalized spacial score (nSPS) is 16.9. The third-order valence-corrected chi connectivity index (χ3v) is 4.27. The van der Waals surface area contributed by atoms with Crippen LogP contribution in [0.1, 0.15) is 67.7 Å². The molecule has 0 saturated carbocycles. The Morgan fingerprint density at radius 2 is 1.50 bits per heavy atom. The molecule has 0 spiro atoms. The van der Waals surface area contributed by atoms with E-state index in [4.69, 9.17) is 12.6 Å². The summed E-state index contributed by atoms with van der Waals surface area (Å²) in [5.74, 6) is 2.29. The van der Waals surface area contributed by atoms with Gasteiger partial charge in [-0.3, -0.25) is 0 Å². The lowest BCUT2D eigenvalue weighted by molar-refractivity contribution is 0.142. The van der Waals surface area contributed by atoms with Gasteiger partial charge in [-0.05, 0) is 42.4 Å². The van der Waals surface area contributed by atoms with E-state index in [9.17, 15) is 0 Å². The molecule has 0 fully saturated rings. The summed E-state index contributed by atoms with van der Waals surface area (Å²) in [6.07, 6.45) is 3.80. The van der Waals surface area contributed by atoms with E-state index in [1.165, 1.54) is 19.3 Å². The Hall–Kier alpha value is 0.350. The SMILES string of the molecule is CCC(S)C(CC(C)C)C(C)(C)CC(C)C. The first-order valence-corrected chi connectivity index (χ1v) is 7.40. The highest BCUT2D eigenvalue weighted by atomic mass is 32.1. The van der Waals surface area contributed by atoms with Crippen LogP contribution < -0.4 is 0 Å². The smallest absolute Gasteiger partial charge is 0.00476 e. The summed E-state index contributed by atoms with van der Waals surface area (Å²) >= 11 is 4.82. The number of thiol groups is 1. The Kier molecular flexibility index (Phi) is 7.09. The molecule has 0 aromatic carbocycles. The van der Waals surface area contributed by atoms with Crippen LogP contribution in [-0.2, 0) is 0 Å². The minimum absolute atomic E-state index is 0.418. The Morgan fingerprint density at radius 3 is 1.81 bits per heavy atom. The maximum Gasteiger partial charge on any atom is 0.00476 e. The zero-order chi connectivity index (χ0) is 12.9. The lowest BCUT2D eigenvalue weighted by Gasteiger charge is -2.40. The van der Waals surface area contributed by atoms with E-state index in [2.05, 4.69) is 48.5 Å². The molecule has 0 saturated heterocycles. The second-order valence-corrected chi connectivity index (χ2v) is 7.46. The van der Waals surface area contributed by atoms with Crippen molar-refractivity contribution in [3.05, 3.63) is 0 Å². The molecule has 1 heteroatoms. The summed E-state index contributed by atoms with van der Waals surface area (Å²) in [4.78, 5) is 0. The average molecular weight is 244 g/mol. The van der Waals surface area contributed by atoms with Gasteiger partial charge in [-0.25, -0.2) is 0 Å². The highest BCUT2D eigenvalue weighted by Crippen LogP contribution is 2.41. The fourth-order valence-electron chi connectivity index (χ4n) is 2.99. The average Bonchev–Trinajstić information content (AvgIpc) is 2.10. The standard InChI is InChI=1S/C15H32S/c1-8-14(16)13(9-11(2)3)15(6,7)10-12(4)5/h11-14,16H,8-10H2,1-7H3. The largest absolute Gasteiger partial charge is 0.176 e. The number of hydrogen-bond acceptors (Lipinski definition) is 1. The summed E-state index contributed by atoms with van der Waals surface area (Å²) in [5, 5.41) is 0.552. The molecular weight excluding hydrogens is 212 g/mol. The predicted molar refractivity (Wildman–Crippen MR) is 79.2 cm³/mol. The number of hydrogen-bond donors (Lipinski definition) is 1. The van der Waals surface area contributed by atoms with Gasteiger partial charge in [0.25, 0.3) is 0 Å². The van der Waals surface area contributed by atoms with E-state index < -0.39 is 0 Å². The third-order valence-electron chi connectivity index (χ3n) is 3.55. The molecule has 0 aromatic rings. The van der Waals surface area contributed by atoms with Crippen LogP contribution in [0, 0.1) is 23.2 Å². The molecule has 0 nitrogen and oxygen atoms in total. The first-order chi connectivity index (χ1) is 7.20. The molecule has 98 valence electrons. The molecule has 2 unspecified atom stereocenters. The van der Waals surface area contributed by atoms with Crippen molar-refractivity contribution in [1.29, 1.82) is 0 Å². The van der Waals surface area contributed by atoms with Crippen molar-refractivity contribution in [3.63, 3.8) is 0 Å². The zero-order valence-electron chi connectivity index (χ0n) is 12.4. The Balaban J connectivity index is 4.71. The third kappa shape index (κ3) is 5.61. The van der Waals surface area contributed by atoms with Gasteiger partial charge in [-0.1, -0.05) is 48.5 Å². The van der Waals surface area contributed by atoms with Gasteiger partial charge in [0.1, 0.15) is 0 Å². The first-order valence-electron chi connectivity index (χ1n) is 6.88. The molecular formula is C15H32S. The van der Waals surface area contributed by atoms with Crippen molar-refractivity contribution >= 4 is 12.6 Å². The minimum atomic E-state index is 0.418. The van der Waals surface area contributed by atoms with Crippen LogP contribution in [-0.4, -0.2) is 5.25 Å². The first kappa shape index (κ1) is 16.4. The lowest BCUT2D eigenvalue weighted by Crippen LogP contribution is -2.33. The van der Waals surface area contributed by atoms with Gasteiger partial charge in [-0.2, -0.15) is 12.6 Å². The molecule has 0 aliphatic carbocycles. The molecule has 0 amide bonds. The van der Waals surface area contributed by atoms with Crippen LogP contribution in [0.4, 0.5) is 0 Å². The van der Waals surface area contributed by atoms with Gasteiger partial charge in [0.2, 0.25) is 0 Å². The fourth-order valence-corrected chi connectivity index (χ4v) is 3.52. The molecule has 0 rings (SSSR count). The van der Waals surface area contributed by atoms with Gasteiger partial charge in [0.15, 0.2) is 0 Å². The molecule has 0 N–H and O–H groups in total. The molecule has 0 aliphatic rings. The van der Waals surface area contributed by atoms with Gasteiger partial charge in [-0.15, -0.1) is 0 Å². The monoisotopic (exact) mass is 244 g/mol. The van der Waals surface area contributed by atoms with Crippen molar-refractivity contribution in [2.24, 2.45) is 23.2 Å². The van der Waals surface area contributed by atoms with E-state index in [1.807, 2.05) is 0 Å². The molecule has 2 atom stereocenters. The predicted octanol–water partition coefficient (Wildman–Crippen LogP) is 5.43. The topological polar surface area (TPSA) is 0 Å². The molecule has 0 aliphatic heterocycles. The van der Waals surface area contributed by atoms with E-state index in [1.54, 1.807) is 0 Å². The van der Waals surface area contributed by atoms with Crippen LogP contribution in [0.3, 0.4) is 0 Å². The van der Waals surface area contributed by atoms with Crippen molar-refractivity contribution in [2.45, 2.75) is 73.0 Å². The van der Waals surface area contributed by atoms with Crippen LogP contribution in [0.5, 0.6) is 0 Å². The Morgan fingerprint density at radius 1 is 1.00 bits per heavy atom. The van der Waals surface area contributed by atoms with Crippen LogP contribution in [0.2, 0.25) is 0 Å². The van der Waals surface area contributed by atoms with Gasteiger partial charge >= 0.3 is 0 Å². The summed E-state index contributed by atoms with van der Waals surface area (Å²) in [7, 11) is 0. The maximum atomic E-state index is 4.82. The minimum Gasteiger partial charge on any atom is -0.176 e. The van der Waals surface area contributed by atoms with Crippen LogP contribution >= 0.6 is 12.6 Å². The van der Waals surface area contributed by atoms with E-state index in [-0.39, 0.29) is 0 Å². The quantitative estimate of drug-likeness (QED) is 0.567. The summed E-state index contributed by atoms with van der Waals surface area (Å²) in [5.41, 5.74) is 0.418. The Bertz CT molecular complexity index is 182. The van der Waals surface area contributed by atoms with E-state index in [0.717, 1.165) is 17.8 Å². The number of rotatable bonds is 7. The molecule has 0 aromatic heterocycles. The fraction of sp³-hybridized carbons (Fsp3) is 1.00. The molecule has 16 heavy (non-hydrogen) atoms. The summed E-state index contributed by atoms with van der Waals surface area (Å²) in [6.45, 7) is 16.4. The zero-order valence-corrected chi connectivity index (χ0v) is 13.3. The highest BCUT2D eigenvalue weighted by molar-refractivity contribution is 7.81. The molecule has 0 radical (unpaired) electrons.